The second-order valence-electron chi connectivity index (χ2n) is 2.50. The minimum Gasteiger partial charge on any atom is -0.249 e. The highest BCUT2D eigenvalue weighted by Crippen LogP contribution is 2.19. The van der Waals surface area contributed by atoms with Gasteiger partial charge < -0.3 is 0 Å². The zero-order valence-electron chi connectivity index (χ0n) is 6.90. The van der Waals surface area contributed by atoms with E-state index in [1.807, 2.05) is 12.1 Å². The molecule has 0 aliphatic heterocycles. The molecule has 0 saturated carbocycles. The highest BCUT2D eigenvalue weighted by atomic mass is 79.9. The van der Waals surface area contributed by atoms with Crippen LogP contribution in [0.1, 0.15) is 5.69 Å². The van der Waals surface area contributed by atoms with Crippen molar-refractivity contribution in [2.75, 3.05) is 0 Å². The zero-order valence-corrected chi connectivity index (χ0v) is 8.48. The van der Waals surface area contributed by atoms with E-state index in [1.165, 1.54) is 0 Å². The molecule has 0 radical (unpaired) electrons. The van der Waals surface area contributed by atoms with E-state index in [0.717, 1.165) is 10.2 Å². The van der Waals surface area contributed by atoms with Gasteiger partial charge in [-0.1, -0.05) is 0 Å². The van der Waals surface area contributed by atoms with E-state index >= 15 is 0 Å². The largest absolute Gasteiger partial charge is 0.249 e. The molecule has 0 aliphatic carbocycles. The topological polar surface area (TPSA) is 78.2 Å². The smallest absolute Gasteiger partial charge is 0.190 e. The van der Waals surface area contributed by atoms with Gasteiger partial charge in [-0.15, -0.1) is 5.10 Å². The first-order chi connectivity index (χ1) is 6.81. The molecule has 6 heteroatoms. The van der Waals surface area contributed by atoms with Crippen molar-refractivity contribution < 1.29 is 0 Å². The van der Waals surface area contributed by atoms with E-state index in [4.69, 9.17) is 5.26 Å². The van der Waals surface area contributed by atoms with Gasteiger partial charge in [0.15, 0.2) is 5.69 Å². The molecule has 0 saturated heterocycles. The lowest BCUT2D eigenvalue weighted by Crippen LogP contribution is -1.84. The lowest BCUT2D eigenvalue weighted by atomic mass is 10.2. The number of H-pyrrole nitrogens is 1. The van der Waals surface area contributed by atoms with Crippen LogP contribution in [0, 0.1) is 11.3 Å². The van der Waals surface area contributed by atoms with Crippen LogP contribution in [-0.4, -0.2) is 20.4 Å². The van der Waals surface area contributed by atoms with Gasteiger partial charge >= 0.3 is 0 Å². The quantitative estimate of drug-likeness (QED) is 0.778. The van der Waals surface area contributed by atoms with Gasteiger partial charge in [0.1, 0.15) is 16.4 Å². The summed E-state index contributed by atoms with van der Waals surface area (Å²) < 4.78 is 0.739. The van der Waals surface area contributed by atoms with E-state index < -0.39 is 0 Å². The molecule has 0 amide bonds. The molecule has 1 N–H and O–H groups in total. The van der Waals surface area contributed by atoms with Crippen LogP contribution in [0.25, 0.3) is 11.3 Å². The summed E-state index contributed by atoms with van der Waals surface area (Å²) in [4.78, 5) is 4.04. The van der Waals surface area contributed by atoms with Crippen LogP contribution >= 0.6 is 15.9 Å². The molecule has 0 aliphatic rings. The van der Waals surface area contributed by atoms with Crippen molar-refractivity contribution in [3.8, 4) is 17.3 Å². The number of aromatic amines is 1. The molecule has 68 valence electrons. The molecule has 2 rings (SSSR count). The van der Waals surface area contributed by atoms with Gasteiger partial charge in [0.2, 0.25) is 0 Å². The number of hydrogen-bond acceptors (Lipinski definition) is 4. The van der Waals surface area contributed by atoms with Crippen molar-refractivity contribution in [3.05, 3.63) is 28.6 Å². The van der Waals surface area contributed by atoms with Crippen LogP contribution in [0.4, 0.5) is 0 Å². The van der Waals surface area contributed by atoms with Gasteiger partial charge in [0, 0.05) is 11.8 Å². The SMILES string of the molecule is N#Cc1n[nH]nc1-c1ccc(Br)nc1. The van der Waals surface area contributed by atoms with Gasteiger partial charge in [-0.3, -0.25) is 0 Å². The molecule has 5 nitrogen and oxygen atoms in total. The summed E-state index contributed by atoms with van der Waals surface area (Å²) in [6, 6.07) is 5.54. The Morgan fingerprint density at radius 2 is 2.21 bits per heavy atom. The van der Waals surface area contributed by atoms with E-state index in [1.54, 1.807) is 12.3 Å². The summed E-state index contributed by atoms with van der Waals surface area (Å²) in [5.74, 6) is 0. The third kappa shape index (κ3) is 1.49. The number of nitrogens with one attached hydrogen (secondary N) is 1. The normalized spacial score (nSPS) is 9.71. The molecule has 0 unspecified atom stereocenters. The minimum absolute atomic E-state index is 0.272. The zero-order chi connectivity index (χ0) is 9.97. The van der Waals surface area contributed by atoms with E-state index in [2.05, 4.69) is 36.3 Å². The van der Waals surface area contributed by atoms with Gasteiger partial charge in [0.25, 0.3) is 0 Å². The van der Waals surface area contributed by atoms with Gasteiger partial charge in [-0.05, 0) is 28.1 Å². The summed E-state index contributed by atoms with van der Waals surface area (Å²) >= 11 is 3.22. The van der Waals surface area contributed by atoms with Crippen LogP contribution in [0.15, 0.2) is 22.9 Å². The van der Waals surface area contributed by atoms with Crippen LogP contribution in [0.2, 0.25) is 0 Å². The summed E-state index contributed by atoms with van der Waals surface area (Å²) in [5, 5.41) is 18.7. The first-order valence-electron chi connectivity index (χ1n) is 3.74. The Bertz CT molecular complexity index is 481. The molecule has 2 aromatic rings. The predicted molar refractivity (Wildman–Crippen MR) is 52.0 cm³/mol. The first kappa shape index (κ1) is 8.84. The third-order valence-corrected chi connectivity index (χ3v) is 2.12. The second kappa shape index (κ2) is 3.55. The fourth-order valence-corrected chi connectivity index (χ4v) is 1.26. The summed E-state index contributed by atoms with van der Waals surface area (Å²) in [6.45, 7) is 0. The van der Waals surface area contributed by atoms with Crippen LogP contribution in [0.5, 0.6) is 0 Å². The van der Waals surface area contributed by atoms with Crippen molar-refractivity contribution in [3.63, 3.8) is 0 Å². The first-order valence-corrected chi connectivity index (χ1v) is 4.53. The molecule has 0 spiro atoms. The molecule has 0 atom stereocenters. The van der Waals surface area contributed by atoms with Crippen LogP contribution in [-0.2, 0) is 0 Å². The number of hydrogen-bond donors (Lipinski definition) is 1. The highest BCUT2D eigenvalue weighted by molar-refractivity contribution is 9.10. The van der Waals surface area contributed by atoms with Gasteiger partial charge in [-0.2, -0.15) is 15.6 Å². The Hall–Kier alpha value is -1.74. The van der Waals surface area contributed by atoms with Crippen LogP contribution in [0.3, 0.4) is 0 Å². The average molecular weight is 250 g/mol. The Kier molecular flexibility index (Phi) is 2.24. The summed E-state index contributed by atoms with van der Waals surface area (Å²) in [7, 11) is 0. The van der Waals surface area contributed by atoms with Crippen molar-refractivity contribution in [1.82, 2.24) is 20.4 Å². The average Bonchev–Trinajstić information content (AvgIpc) is 2.67. The van der Waals surface area contributed by atoms with Gasteiger partial charge in [-0.25, -0.2) is 4.98 Å². The molecule has 14 heavy (non-hydrogen) atoms. The van der Waals surface area contributed by atoms with Crippen molar-refractivity contribution in [1.29, 1.82) is 5.26 Å². The Morgan fingerprint density at radius 3 is 2.86 bits per heavy atom. The Labute approximate surface area is 87.9 Å². The number of pyridine rings is 1. The molecule has 0 aromatic carbocycles. The molecular formula is C8H4BrN5. The fourth-order valence-electron chi connectivity index (χ4n) is 1.03. The molecule has 0 bridgehead atoms. The van der Waals surface area contributed by atoms with Gasteiger partial charge in [0.05, 0.1) is 0 Å². The number of aromatic nitrogens is 4. The molecule has 0 fully saturated rings. The fraction of sp³-hybridized carbons (Fsp3) is 0. The summed E-state index contributed by atoms with van der Waals surface area (Å²) in [5.41, 5.74) is 1.56. The van der Waals surface area contributed by atoms with Crippen molar-refractivity contribution in [2.24, 2.45) is 0 Å². The molecule has 2 aromatic heterocycles. The Balaban J connectivity index is 2.50. The lowest BCUT2D eigenvalue weighted by molar-refractivity contribution is 0.937. The highest BCUT2D eigenvalue weighted by Gasteiger charge is 2.09. The van der Waals surface area contributed by atoms with Crippen molar-refractivity contribution in [2.45, 2.75) is 0 Å². The van der Waals surface area contributed by atoms with E-state index in [0.29, 0.717) is 5.69 Å². The minimum atomic E-state index is 0.272. The Morgan fingerprint density at radius 1 is 1.36 bits per heavy atom. The maximum Gasteiger partial charge on any atom is 0.190 e. The van der Waals surface area contributed by atoms with Crippen molar-refractivity contribution >= 4 is 15.9 Å². The maximum atomic E-state index is 8.72. The summed E-state index contributed by atoms with van der Waals surface area (Å²) in [6.07, 6.45) is 1.63. The number of halogens is 1. The number of nitrogens with zero attached hydrogens (tertiary/aromatic N) is 4. The van der Waals surface area contributed by atoms with Crippen LogP contribution < -0.4 is 0 Å². The number of nitriles is 1. The third-order valence-electron chi connectivity index (χ3n) is 1.65. The predicted octanol–water partition coefficient (Wildman–Crippen LogP) is 1.50. The number of rotatable bonds is 1. The standard InChI is InChI=1S/C8H4BrN5/c9-7-2-1-5(4-11-7)8-6(3-10)12-14-13-8/h1-2,4H,(H,12,13,14). The van der Waals surface area contributed by atoms with E-state index in [9.17, 15) is 0 Å². The molecule has 2 heterocycles. The lowest BCUT2D eigenvalue weighted by Gasteiger charge is -1.94. The van der Waals surface area contributed by atoms with E-state index in [-0.39, 0.29) is 5.69 Å². The monoisotopic (exact) mass is 249 g/mol. The maximum absolute atomic E-state index is 8.72. The molecular weight excluding hydrogens is 246 g/mol. The second-order valence-corrected chi connectivity index (χ2v) is 3.31.